The van der Waals surface area contributed by atoms with Gasteiger partial charge in [0.1, 0.15) is 0 Å². The Balaban J connectivity index is 1.75. The third-order valence-electron chi connectivity index (χ3n) is 4.56. The number of nitrogens with one attached hydrogen (secondary N) is 2. The quantitative estimate of drug-likeness (QED) is 0.774. The monoisotopic (exact) mass is 317 g/mol. The van der Waals surface area contributed by atoms with Gasteiger partial charge in [0.15, 0.2) is 0 Å². The molecule has 1 fully saturated rings. The van der Waals surface area contributed by atoms with Crippen LogP contribution in [0.1, 0.15) is 37.7 Å². The molecule has 0 spiro atoms. The molecule has 0 aliphatic heterocycles. The lowest BCUT2D eigenvalue weighted by molar-refractivity contribution is 0.231. The van der Waals surface area contributed by atoms with E-state index in [0.29, 0.717) is 0 Å². The van der Waals surface area contributed by atoms with E-state index >= 15 is 0 Å². The zero-order chi connectivity index (χ0) is 16.5. The molecule has 0 radical (unpaired) electrons. The van der Waals surface area contributed by atoms with E-state index < -0.39 is 0 Å². The molecule has 0 heterocycles. The van der Waals surface area contributed by atoms with Crippen LogP contribution in [-0.4, -0.2) is 44.2 Å². The summed E-state index contributed by atoms with van der Waals surface area (Å²) in [5.74, 6) is 0.817. The van der Waals surface area contributed by atoms with Crippen molar-refractivity contribution in [1.82, 2.24) is 15.5 Å². The van der Waals surface area contributed by atoms with Crippen molar-refractivity contribution in [2.45, 2.75) is 44.6 Å². The molecule has 2 amide bonds. The molecule has 2 N–H and O–H groups in total. The van der Waals surface area contributed by atoms with Gasteiger partial charge in [-0.15, -0.1) is 0 Å². The molecule has 1 atom stereocenters. The highest BCUT2D eigenvalue weighted by Crippen LogP contribution is 2.26. The fourth-order valence-corrected chi connectivity index (χ4v) is 3.43. The van der Waals surface area contributed by atoms with E-state index in [1.165, 1.54) is 31.2 Å². The normalized spacial score (nSPS) is 16.5. The lowest BCUT2D eigenvalue weighted by Gasteiger charge is -2.23. The number of hydrogen-bond donors (Lipinski definition) is 2. The van der Waals surface area contributed by atoms with Crippen LogP contribution in [0.4, 0.5) is 4.79 Å². The smallest absolute Gasteiger partial charge is 0.315 e. The van der Waals surface area contributed by atoms with Gasteiger partial charge in [-0.2, -0.15) is 0 Å². The maximum Gasteiger partial charge on any atom is 0.315 e. The number of likely N-dealkylation sites (N-methyl/N-ethyl adjacent to an activating group) is 1. The summed E-state index contributed by atoms with van der Waals surface area (Å²) in [4.78, 5) is 14.3. The maximum absolute atomic E-state index is 12.2. The highest BCUT2D eigenvalue weighted by atomic mass is 16.2. The molecular formula is C19H31N3O. The summed E-state index contributed by atoms with van der Waals surface area (Å²) in [6, 6.07) is 10.4. The van der Waals surface area contributed by atoms with Crippen LogP contribution in [0.15, 0.2) is 30.3 Å². The predicted octanol–water partition coefficient (Wildman–Crippen LogP) is 3.04. The van der Waals surface area contributed by atoms with E-state index in [4.69, 9.17) is 0 Å². The Kier molecular flexibility index (Phi) is 7.40. The van der Waals surface area contributed by atoms with Crippen molar-refractivity contribution < 1.29 is 4.79 Å². The lowest BCUT2D eigenvalue weighted by atomic mass is 10.0. The Labute approximate surface area is 140 Å². The number of carbonyl (C=O) groups is 1. The van der Waals surface area contributed by atoms with Gasteiger partial charge in [-0.1, -0.05) is 56.0 Å². The topological polar surface area (TPSA) is 44.4 Å². The van der Waals surface area contributed by atoms with Gasteiger partial charge in [0.05, 0.1) is 0 Å². The molecule has 4 nitrogen and oxygen atoms in total. The molecule has 0 saturated heterocycles. The Morgan fingerprint density at radius 2 is 1.91 bits per heavy atom. The van der Waals surface area contributed by atoms with Crippen molar-refractivity contribution in [2.24, 2.45) is 5.92 Å². The average Bonchev–Trinajstić information content (AvgIpc) is 3.01. The number of nitrogens with zero attached hydrogens (tertiary/aromatic N) is 1. The lowest BCUT2D eigenvalue weighted by Crippen LogP contribution is -2.47. The molecule has 1 aliphatic carbocycles. The third-order valence-corrected chi connectivity index (χ3v) is 4.56. The Hall–Kier alpha value is -1.55. The summed E-state index contributed by atoms with van der Waals surface area (Å²) < 4.78 is 0. The van der Waals surface area contributed by atoms with E-state index in [0.717, 1.165) is 31.8 Å². The van der Waals surface area contributed by atoms with E-state index in [-0.39, 0.29) is 12.1 Å². The summed E-state index contributed by atoms with van der Waals surface area (Å²) in [7, 11) is 4.08. The SMILES string of the molecule is CN(C)CC(Cc1ccccc1)NC(=O)NCCC1CCCC1. The minimum absolute atomic E-state index is 0.0363. The van der Waals surface area contributed by atoms with E-state index in [1.807, 2.05) is 32.3 Å². The first-order chi connectivity index (χ1) is 11.1. The summed E-state index contributed by atoms with van der Waals surface area (Å²) >= 11 is 0. The number of carbonyl (C=O) groups excluding carboxylic acids is 1. The first kappa shape index (κ1) is 17.8. The first-order valence-corrected chi connectivity index (χ1v) is 8.86. The van der Waals surface area contributed by atoms with Crippen molar-refractivity contribution in [3.63, 3.8) is 0 Å². The maximum atomic E-state index is 12.2. The number of hydrogen-bond acceptors (Lipinski definition) is 2. The molecule has 4 heteroatoms. The molecule has 2 rings (SSSR count). The Bertz CT molecular complexity index is 455. The van der Waals surface area contributed by atoms with Crippen molar-refractivity contribution in [3.8, 4) is 0 Å². The van der Waals surface area contributed by atoms with Gasteiger partial charge in [0.25, 0.3) is 0 Å². The largest absolute Gasteiger partial charge is 0.338 e. The van der Waals surface area contributed by atoms with E-state index in [1.54, 1.807) is 0 Å². The van der Waals surface area contributed by atoms with E-state index in [9.17, 15) is 4.79 Å². The van der Waals surface area contributed by atoms with Crippen molar-refractivity contribution in [2.75, 3.05) is 27.2 Å². The number of rotatable bonds is 8. The fourth-order valence-electron chi connectivity index (χ4n) is 3.43. The van der Waals surface area contributed by atoms with Gasteiger partial charge < -0.3 is 15.5 Å². The van der Waals surface area contributed by atoms with Crippen LogP contribution in [0.2, 0.25) is 0 Å². The van der Waals surface area contributed by atoms with Crippen LogP contribution in [0.3, 0.4) is 0 Å². The number of benzene rings is 1. The molecule has 1 unspecified atom stereocenters. The molecular weight excluding hydrogens is 286 g/mol. The van der Waals surface area contributed by atoms with Crippen LogP contribution in [0.25, 0.3) is 0 Å². The molecule has 1 aromatic carbocycles. The second-order valence-corrected chi connectivity index (χ2v) is 6.99. The average molecular weight is 317 g/mol. The Morgan fingerprint density at radius 3 is 2.57 bits per heavy atom. The summed E-state index contributed by atoms with van der Waals surface area (Å²) in [6.07, 6.45) is 7.36. The second-order valence-electron chi connectivity index (χ2n) is 6.99. The second kappa shape index (κ2) is 9.56. The number of urea groups is 1. The predicted molar refractivity (Wildman–Crippen MR) is 95.6 cm³/mol. The zero-order valence-corrected chi connectivity index (χ0v) is 14.6. The van der Waals surface area contributed by atoms with Crippen LogP contribution < -0.4 is 10.6 Å². The standard InChI is InChI=1S/C19H31N3O/c1-22(2)15-18(14-17-10-4-3-5-11-17)21-19(23)20-13-12-16-8-6-7-9-16/h3-5,10-11,16,18H,6-9,12-15H2,1-2H3,(H2,20,21,23). The van der Waals surface area contributed by atoms with E-state index in [2.05, 4.69) is 27.7 Å². The summed E-state index contributed by atoms with van der Waals surface area (Å²) in [5, 5.41) is 6.16. The van der Waals surface area contributed by atoms with Crippen LogP contribution >= 0.6 is 0 Å². The van der Waals surface area contributed by atoms with Gasteiger partial charge in [-0.3, -0.25) is 0 Å². The minimum Gasteiger partial charge on any atom is -0.338 e. The minimum atomic E-state index is -0.0363. The highest BCUT2D eigenvalue weighted by Gasteiger charge is 2.16. The van der Waals surface area contributed by atoms with Crippen molar-refractivity contribution in [1.29, 1.82) is 0 Å². The molecule has 0 aromatic heterocycles. The van der Waals surface area contributed by atoms with Crippen molar-refractivity contribution >= 4 is 6.03 Å². The third kappa shape index (κ3) is 7.04. The van der Waals surface area contributed by atoms with Gasteiger partial charge in [0.2, 0.25) is 0 Å². The molecule has 0 bridgehead atoms. The Morgan fingerprint density at radius 1 is 1.22 bits per heavy atom. The number of amides is 2. The van der Waals surface area contributed by atoms with Gasteiger partial charge >= 0.3 is 6.03 Å². The fraction of sp³-hybridized carbons (Fsp3) is 0.632. The molecule has 1 saturated carbocycles. The van der Waals surface area contributed by atoms with Crippen LogP contribution in [-0.2, 0) is 6.42 Å². The van der Waals surface area contributed by atoms with Crippen LogP contribution in [0, 0.1) is 5.92 Å². The molecule has 1 aromatic rings. The van der Waals surface area contributed by atoms with Crippen molar-refractivity contribution in [3.05, 3.63) is 35.9 Å². The van der Waals surface area contributed by atoms with Gasteiger partial charge in [0, 0.05) is 19.1 Å². The van der Waals surface area contributed by atoms with Gasteiger partial charge in [-0.05, 0) is 38.4 Å². The summed E-state index contributed by atoms with van der Waals surface area (Å²) in [6.45, 7) is 1.63. The molecule has 128 valence electrons. The summed E-state index contributed by atoms with van der Waals surface area (Å²) in [5.41, 5.74) is 1.26. The molecule has 23 heavy (non-hydrogen) atoms. The highest BCUT2D eigenvalue weighted by molar-refractivity contribution is 5.74. The van der Waals surface area contributed by atoms with Crippen LogP contribution in [0.5, 0.6) is 0 Å². The molecule has 1 aliphatic rings. The van der Waals surface area contributed by atoms with Gasteiger partial charge in [-0.25, -0.2) is 4.79 Å². The zero-order valence-electron chi connectivity index (χ0n) is 14.6. The first-order valence-electron chi connectivity index (χ1n) is 8.86.